The second-order valence-corrected chi connectivity index (χ2v) is 5.37. The maximum absolute atomic E-state index is 5.51. The molecule has 3 heteroatoms. The summed E-state index contributed by atoms with van der Waals surface area (Å²) in [5, 5.41) is 3.58. The lowest BCUT2D eigenvalue weighted by atomic mass is 10.00. The minimum Gasteiger partial charge on any atom is -0.382 e. The number of benzene rings is 1. The van der Waals surface area contributed by atoms with Gasteiger partial charge in [0.1, 0.15) is 0 Å². The van der Waals surface area contributed by atoms with E-state index in [0.29, 0.717) is 25.7 Å². The lowest BCUT2D eigenvalue weighted by Crippen LogP contribution is -2.21. The molecule has 0 heterocycles. The largest absolute Gasteiger partial charge is 0.382 e. The van der Waals surface area contributed by atoms with E-state index in [1.165, 1.54) is 24.0 Å². The summed E-state index contributed by atoms with van der Waals surface area (Å²) in [5.74, 6) is 0.573. The summed E-state index contributed by atoms with van der Waals surface area (Å²) < 4.78 is 10.5. The van der Waals surface area contributed by atoms with Crippen LogP contribution in [0.1, 0.15) is 36.8 Å². The van der Waals surface area contributed by atoms with Crippen molar-refractivity contribution in [3.63, 3.8) is 0 Å². The molecule has 1 aromatic carbocycles. The van der Waals surface area contributed by atoms with E-state index in [1.807, 2.05) is 0 Å². The van der Waals surface area contributed by atoms with Crippen LogP contribution in [0.15, 0.2) is 24.3 Å². The number of methoxy groups -OCH3 is 1. The Morgan fingerprint density at radius 3 is 2.58 bits per heavy atom. The Morgan fingerprint density at radius 2 is 1.95 bits per heavy atom. The Kier molecular flexibility index (Phi) is 5.83. The number of hydrogen-bond donors (Lipinski definition) is 1. The van der Waals surface area contributed by atoms with Crippen molar-refractivity contribution in [2.45, 2.75) is 38.3 Å². The van der Waals surface area contributed by atoms with E-state index in [9.17, 15) is 0 Å². The SMILES string of the molecule is COCCOCc1ccc(C(C)CNC2CC2)cc1. The molecular formula is C16H25NO2. The minimum absolute atomic E-state index is 0.573. The lowest BCUT2D eigenvalue weighted by Gasteiger charge is -2.13. The van der Waals surface area contributed by atoms with Gasteiger partial charge < -0.3 is 14.8 Å². The van der Waals surface area contributed by atoms with E-state index in [2.05, 4.69) is 36.5 Å². The molecule has 1 saturated carbocycles. The molecule has 0 aliphatic heterocycles. The molecule has 0 amide bonds. The molecule has 0 saturated heterocycles. The quantitative estimate of drug-likeness (QED) is 0.695. The van der Waals surface area contributed by atoms with Crippen LogP contribution in [0.4, 0.5) is 0 Å². The van der Waals surface area contributed by atoms with Crippen LogP contribution in [-0.4, -0.2) is 32.9 Å². The highest BCUT2D eigenvalue weighted by Gasteiger charge is 2.21. The van der Waals surface area contributed by atoms with Crippen molar-refractivity contribution in [3.05, 3.63) is 35.4 Å². The number of rotatable bonds is 9. The summed E-state index contributed by atoms with van der Waals surface area (Å²) in [6, 6.07) is 9.55. The summed E-state index contributed by atoms with van der Waals surface area (Å²) in [7, 11) is 1.69. The molecular weight excluding hydrogens is 238 g/mol. The van der Waals surface area contributed by atoms with Crippen molar-refractivity contribution < 1.29 is 9.47 Å². The third kappa shape index (κ3) is 5.31. The maximum Gasteiger partial charge on any atom is 0.0718 e. The Bertz CT molecular complexity index is 360. The Hall–Kier alpha value is -0.900. The molecule has 0 bridgehead atoms. The maximum atomic E-state index is 5.51. The number of ether oxygens (including phenoxy) is 2. The van der Waals surface area contributed by atoms with Gasteiger partial charge in [-0.3, -0.25) is 0 Å². The molecule has 0 spiro atoms. The van der Waals surface area contributed by atoms with Gasteiger partial charge in [0.15, 0.2) is 0 Å². The Morgan fingerprint density at radius 1 is 1.21 bits per heavy atom. The van der Waals surface area contributed by atoms with Crippen molar-refractivity contribution >= 4 is 0 Å². The van der Waals surface area contributed by atoms with Gasteiger partial charge in [0.05, 0.1) is 19.8 Å². The van der Waals surface area contributed by atoms with Gasteiger partial charge >= 0.3 is 0 Å². The van der Waals surface area contributed by atoms with Crippen molar-refractivity contribution in [2.75, 3.05) is 26.9 Å². The first-order chi connectivity index (χ1) is 9.29. The molecule has 3 nitrogen and oxygen atoms in total. The first-order valence-electron chi connectivity index (χ1n) is 7.18. The summed E-state index contributed by atoms with van der Waals surface area (Å²) >= 11 is 0. The van der Waals surface area contributed by atoms with Gasteiger partial charge in [0.25, 0.3) is 0 Å². The highest BCUT2D eigenvalue weighted by molar-refractivity contribution is 5.25. The van der Waals surface area contributed by atoms with Gasteiger partial charge in [-0.2, -0.15) is 0 Å². The van der Waals surface area contributed by atoms with E-state index in [0.717, 1.165) is 12.6 Å². The third-order valence-corrected chi connectivity index (χ3v) is 3.54. The third-order valence-electron chi connectivity index (χ3n) is 3.54. The van der Waals surface area contributed by atoms with Crippen molar-refractivity contribution in [3.8, 4) is 0 Å². The van der Waals surface area contributed by atoms with Crippen LogP contribution in [0.3, 0.4) is 0 Å². The number of hydrogen-bond acceptors (Lipinski definition) is 3. The van der Waals surface area contributed by atoms with E-state index in [-0.39, 0.29) is 0 Å². The average Bonchev–Trinajstić information content (AvgIpc) is 3.26. The monoisotopic (exact) mass is 263 g/mol. The normalized spacial score (nSPS) is 16.5. The first-order valence-corrected chi connectivity index (χ1v) is 7.18. The fourth-order valence-electron chi connectivity index (χ4n) is 2.02. The fraction of sp³-hybridized carbons (Fsp3) is 0.625. The zero-order valence-electron chi connectivity index (χ0n) is 12.0. The van der Waals surface area contributed by atoms with Gasteiger partial charge in [-0.25, -0.2) is 0 Å². The zero-order chi connectivity index (χ0) is 13.5. The van der Waals surface area contributed by atoms with E-state index in [1.54, 1.807) is 7.11 Å². The predicted molar refractivity (Wildman–Crippen MR) is 77.4 cm³/mol. The van der Waals surface area contributed by atoms with Crippen molar-refractivity contribution in [2.24, 2.45) is 0 Å². The summed E-state index contributed by atoms with van der Waals surface area (Å²) in [5.41, 5.74) is 2.62. The standard InChI is InChI=1S/C16H25NO2/c1-13(11-17-16-7-8-16)15-5-3-14(4-6-15)12-19-10-9-18-2/h3-6,13,16-17H,7-12H2,1-2H3. The molecule has 2 rings (SSSR count). The molecule has 1 N–H and O–H groups in total. The summed E-state index contributed by atoms with van der Waals surface area (Å²) in [6.45, 7) is 5.33. The van der Waals surface area contributed by atoms with Gasteiger partial charge in [0.2, 0.25) is 0 Å². The second kappa shape index (κ2) is 7.63. The second-order valence-electron chi connectivity index (χ2n) is 5.37. The molecule has 1 atom stereocenters. The molecule has 106 valence electrons. The minimum atomic E-state index is 0.573. The van der Waals surface area contributed by atoms with Gasteiger partial charge in [-0.1, -0.05) is 31.2 Å². The molecule has 0 radical (unpaired) electrons. The topological polar surface area (TPSA) is 30.5 Å². The smallest absolute Gasteiger partial charge is 0.0718 e. The van der Waals surface area contributed by atoms with Gasteiger partial charge in [-0.05, 0) is 29.9 Å². The highest BCUT2D eigenvalue weighted by atomic mass is 16.5. The molecule has 1 aliphatic rings. The van der Waals surface area contributed by atoms with Crippen LogP contribution in [-0.2, 0) is 16.1 Å². The molecule has 1 aliphatic carbocycles. The first kappa shape index (κ1) is 14.5. The van der Waals surface area contributed by atoms with E-state index < -0.39 is 0 Å². The van der Waals surface area contributed by atoms with Crippen LogP contribution in [0, 0.1) is 0 Å². The van der Waals surface area contributed by atoms with Crippen LogP contribution in [0.5, 0.6) is 0 Å². The lowest BCUT2D eigenvalue weighted by molar-refractivity contribution is 0.0616. The van der Waals surface area contributed by atoms with Crippen LogP contribution in [0.25, 0.3) is 0 Å². The van der Waals surface area contributed by atoms with Crippen molar-refractivity contribution in [1.29, 1.82) is 0 Å². The van der Waals surface area contributed by atoms with Crippen LogP contribution in [0.2, 0.25) is 0 Å². The zero-order valence-corrected chi connectivity index (χ0v) is 12.0. The van der Waals surface area contributed by atoms with Crippen LogP contribution < -0.4 is 5.32 Å². The van der Waals surface area contributed by atoms with E-state index >= 15 is 0 Å². The van der Waals surface area contributed by atoms with Gasteiger partial charge in [-0.15, -0.1) is 0 Å². The van der Waals surface area contributed by atoms with Crippen LogP contribution >= 0.6 is 0 Å². The molecule has 0 aromatic heterocycles. The van der Waals surface area contributed by atoms with Crippen molar-refractivity contribution in [1.82, 2.24) is 5.32 Å². The molecule has 1 aromatic rings. The molecule has 19 heavy (non-hydrogen) atoms. The summed E-state index contributed by atoms with van der Waals surface area (Å²) in [4.78, 5) is 0. The van der Waals surface area contributed by atoms with Gasteiger partial charge in [0, 0.05) is 19.7 Å². The Labute approximate surface area is 116 Å². The highest BCUT2D eigenvalue weighted by Crippen LogP contribution is 2.21. The average molecular weight is 263 g/mol. The summed E-state index contributed by atoms with van der Waals surface area (Å²) in [6.07, 6.45) is 2.70. The Balaban J connectivity index is 1.72. The van der Waals surface area contributed by atoms with E-state index in [4.69, 9.17) is 9.47 Å². The molecule has 1 unspecified atom stereocenters. The molecule has 1 fully saturated rings. The predicted octanol–water partition coefficient (Wildman–Crippen LogP) is 2.71. The number of nitrogens with one attached hydrogen (secondary N) is 1. The fourth-order valence-corrected chi connectivity index (χ4v) is 2.02.